The first-order chi connectivity index (χ1) is 13.6. The van der Waals surface area contributed by atoms with Gasteiger partial charge in [-0.1, -0.05) is 35.3 Å². The summed E-state index contributed by atoms with van der Waals surface area (Å²) in [5.74, 6) is 0.0172. The number of pyridine rings is 1. The molecule has 3 nitrogen and oxygen atoms in total. The molecule has 29 heavy (non-hydrogen) atoms. The minimum Gasteiger partial charge on any atom is -0.287 e. The topological polar surface area (TPSA) is 33.8 Å². The van der Waals surface area contributed by atoms with Gasteiger partial charge < -0.3 is 0 Å². The van der Waals surface area contributed by atoms with Crippen LogP contribution in [0.25, 0.3) is 22.0 Å². The molecule has 0 unspecified atom stereocenters. The van der Waals surface area contributed by atoms with Crippen molar-refractivity contribution >= 4 is 57.3 Å². The van der Waals surface area contributed by atoms with Gasteiger partial charge in [-0.05, 0) is 42.5 Å². The Morgan fingerprint density at radius 2 is 1.59 bits per heavy atom. The Labute approximate surface area is 193 Å². The summed E-state index contributed by atoms with van der Waals surface area (Å²) in [7, 11) is 0. The van der Waals surface area contributed by atoms with Crippen LogP contribution >= 0.6 is 51.5 Å². The molecule has 0 radical (unpaired) electrons. The van der Waals surface area contributed by atoms with E-state index in [-0.39, 0.29) is 29.3 Å². The van der Waals surface area contributed by atoms with Crippen LogP contribution in [0.3, 0.4) is 0 Å². The van der Waals surface area contributed by atoms with Crippen molar-refractivity contribution < 1.29 is 9.36 Å². The van der Waals surface area contributed by atoms with Crippen molar-refractivity contribution in [1.82, 2.24) is 4.98 Å². The number of thiazole rings is 1. The van der Waals surface area contributed by atoms with Crippen LogP contribution in [-0.4, -0.2) is 10.8 Å². The van der Waals surface area contributed by atoms with Gasteiger partial charge in [-0.25, -0.2) is 4.98 Å². The van der Waals surface area contributed by atoms with Gasteiger partial charge in [0.2, 0.25) is 18.0 Å². The summed E-state index contributed by atoms with van der Waals surface area (Å²) < 4.78 is 1.92. The molecule has 0 N–H and O–H groups in total. The van der Waals surface area contributed by atoms with Gasteiger partial charge in [0.1, 0.15) is 0 Å². The molecule has 0 bridgehead atoms. The molecule has 146 valence electrons. The van der Waals surface area contributed by atoms with Crippen LogP contribution < -0.4 is 4.57 Å². The maximum absolute atomic E-state index is 12.7. The average molecular weight is 507 g/mol. The second kappa shape index (κ2) is 9.63. The molecule has 2 aromatic carbocycles. The second-order valence-electron chi connectivity index (χ2n) is 6.19. The molecule has 0 spiro atoms. The Balaban J connectivity index is 0.00000240. The molecule has 2 aromatic heterocycles. The molecule has 0 aliphatic heterocycles. The Hall–Kier alpha value is -2.05. The van der Waals surface area contributed by atoms with Gasteiger partial charge in [-0.2, -0.15) is 4.57 Å². The highest BCUT2D eigenvalue weighted by Crippen LogP contribution is 2.28. The van der Waals surface area contributed by atoms with Gasteiger partial charge in [0, 0.05) is 38.7 Å². The second-order valence-corrected chi connectivity index (χ2v) is 7.92. The fourth-order valence-corrected chi connectivity index (χ4v) is 3.96. The normalized spacial score (nSPS) is 10.4. The number of hydrogen-bond donors (Lipinski definition) is 0. The predicted octanol–water partition coefficient (Wildman–Crippen LogP) is 6.53. The quantitative estimate of drug-likeness (QED) is 0.227. The van der Waals surface area contributed by atoms with E-state index < -0.39 is 0 Å². The lowest BCUT2D eigenvalue weighted by atomic mass is 10.1. The van der Waals surface area contributed by atoms with Gasteiger partial charge in [0.15, 0.2) is 11.2 Å². The average Bonchev–Trinajstić information content (AvgIpc) is 3.19. The van der Waals surface area contributed by atoms with Crippen molar-refractivity contribution in [3.8, 4) is 22.0 Å². The highest BCUT2D eigenvalue weighted by Gasteiger charge is 2.20. The highest BCUT2D eigenvalue weighted by molar-refractivity contribution is 8.93. The van der Waals surface area contributed by atoms with Gasteiger partial charge in [0.25, 0.3) is 0 Å². The molecule has 0 aliphatic carbocycles. The number of rotatable bonds is 5. The lowest BCUT2D eigenvalue weighted by Crippen LogP contribution is -2.39. The molecule has 4 aromatic rings. The van der Waals surface area contributed by atoms with Crippen LogP contribution in [0.5, 0.6) is 0 Å². The van der Waals surface area contributed by atoms with Gasteiger partial charge >= 0.3 is 0 Å². The zero-order chi connectivity index (χ0) is 19.5. The van der Waals surface area contributed by atoms with Crippen molar-refractivity contribution in [3.05, 3.63) is 93.9 Å². The van der Waals surface area contributed by atoms with Crippen molar-refractivity contribution in [2.24, 2.45) is 0 Å². The Bertz CT molecular complexity index is 1130. The molecule has 0 fully saturated rings. The lowest BCUT2D eigenvalue weighted by Gasteiger charge is -2.02. The smallest absolute Gasteiger partial charge is 0.241 e. The van der Waals surface area contributed by atoms with Crippen LogP contribution in [0, 0.1) is 0 Å². The van der Waals surface area contributed by atoms with Crippen LogP contribution in [0.15, 0.2) is 78.3 Å². The summed E-state index contributed by atoms with van der Waals surface area (Å²) in [6.45, 7) is 0.230. The van der Waals surface area contributed by atoms with Gasteiger partial charge in [-0.3, -0.25) is 4.79 Å². The van der Waals surface area contributed by atoms with E-state index in [1.54, 1.807) is 35.6 Å². The number of hydrogen-bond acceptors (Lipinski definition) is 3. The van der Waals surface area contributed by atoms with Crippen molar-refractivity contribution in [1.29, 1.82) is 0 Å². The molecule has 4 rings (SSSR count). The molecule has 0 aliphatic rings. The fraction of sp³-hybridized carbons (Fsp3) is 0.0455. The molecule has 7 heteroatoms. The zero-order valence-electron chi connectivity index (χ0n) is 15.1. The Morgan fingerprint density at radius 1 is 0.931 bits per heavy atom. The summed E-state index contributed by atoms with van der Waals surface area (Å²) in [5, 5.41) is 4.18. The number of ketones is 1. The number of carbonyl (C=O) groups excluding carboxylic acids is 1. The fourth-order valence-electron chi connectivity index (χ4n) is 2.83. The first kappa shape index (κ1) is 21.7. The number of nitrogens with zero attached hydrogens (tertiary/aromatic N) is 2. The number of carbonyl (C=O) groups is 1. The summed E-state index contributed by atoms with van der Waals surface area (Å²) in [6, 6.07) is 20.4. The van der Waals surface area contributed by atoms with Crippen LogP contribution in [-0.2, 0) is 6.54 Å². The van der Waals surface area contributed by atoms with Crippen LogP contribution in [0.2, 0.25) is 10.0 Å². The summed E-state index contributed by atoms with van der Waals surface area (Å²) in [4.78, 5) is 17.4. The van der Waals surface area contributed by atoms with Crippen LogP contribution in [0.4, 0.5) is 0 Å². The Morgan fingerprint density at radius 3 is 2.28 bits per heavy atom. The van der Waals surface area contributed by atoms with E-state index in [0.29, 0.717) is 15.6 Å². The first-order valence-corrected chi connectivity index (χ1v) is 10.2. The van der Waals surface area contributed by atoms with Gasteiger partial charge in [-0.15, -0.1) is 28.3 Å². The van der Waals surface area contributed by atoms with E-state index in [4.69, 9.17) is 28.2 Å². The van der Waals surface area contributed by atoms with Crippen molar-refractivity contribution in [3.63, 3.8) is 0 Å². The van der Waals surface area contributed by atoms with E-state index in [0.717, 1.165) is 22.0 Å². The van der Waals surface area contributed by atoms with E-state index in [1.807, 2.05) is 58.6 Å². The maximum atomic E-state index is 12.7. The summed E-state index contributed by atoms with van der Waals surface area (Å²) >= 11 is 13.4. The van der Waals surface area contributed by atoms with E-state index in [2.05, 4.69) is 0 Å². The van der Waals surface area contributed by atoms with Crippen molar-refractivity contribution in [2.75, 3.05) is 0 Å². The summed E-state index contributed by atoms with van der Waals surface area (Å²) in [6.07, 6.45) is 1.90. The third-order valence-corrected chi connectivity index (χ3v) is 5.65. The maximum Gasteiger partial charge on any atom is 0.241 e. The highest BCUT2D eigenvalue weighted by atomic mass is 79.9. The number of benzene rings is 2. The van der Waals surface area contributed by atoms with E-state index in [9.17, 15) is 4.79 Å². The van der Waals surface area contributed by atoms with Crippen molar-refractivity contribution in [2.45, 2.75) is 6.54 Å². The number of aromatic nitrogens is 2. The van der Waals surface area contributed by atoms with Gasteiger partial charge in [0.05, 0.1) is 5.69 Å². The largest absolute Gasteiger partial charge is 0.287 e. The molecular weight excluding hydrogens is 491 g/mol. The predicted molar refractivity (Wildman–Crippen MR) is 124 cm³/mol. The number of Topliss-reactive ketones (excluding diaryl/α,β-unsaturated/α-hetero) is 1. The molecule has 0 atom stereocenters. The van der Waals surface area contributed by atoms with E-state index >= 15 is 0 Å². The molecule has 0 saturated carbocycles. The molecule has 0 saturated heterocycles. The third-order valence-electron chi connectivity index (χ3n) is 4.28. The van der Waals surface area contributed by atoms with Crippen LogP contribution in [0.1, 0.15) is 10.4 Å². The standard InChI is InChI=1S/C22H15Cl2N2OS.BrH/c23-17-8-4-15(5-9-17)19-14-28-22(25-19)20-3-1-2-12-26(20)13-21(27)16-6-10-18(24)11-7-16;/h1-12,14H,13H2;1H/q+1;. The SMILES string of the molecule is Br.O=C(C[n+]1ccccc1-c1nc(-c2ccc(Cl)cc2)cs1)c1ccc(Cl)cc1. The summed E-state index contributed by atoms with van der Waals surface area (Å²) in [5.41, 5.74) is 3.42. The zero-order valence-corrected chi connectivity index (χ0v) is 19.1. The number of halogens is 3. The lowest BCUT2D eigenvalue weighted by molar-refractivity contribution is -0.672. The molecular formula is C22H16BrCl2N2OS+. The molecule has 0 amide bonds. The first-order valence-electron chi connectivity index (χ1n) is 8.59. The Kier molecular flexibility index (Phi) is 7.19. The molecule has 2 heterocycles. The minimum absolute atomic E-state index is 0. The van der Waals surface area contributed by atoms with E-state index in [1.165, 1.54) is 0 Å². The third kappa shape index (κ3) is 5.11. The monoisotopic (exact) mass is 505 g/mol. The minimum atomic E-state index is 0.